The Morgan fingerprint density at radius 1 is 1.19 bits per heavy atom. The standard InChI is InChI=1S/C29H47NO6/c1-6-7-8-9-25(32)18-26(36-21(4)31)14-11-22-16-23(29(34)27(17-22)35-5)19-30-24(12-10-20(2)3)13-15-28(30)33/h16-17,20,24-26,32,34H,6-15,18-19H2,1-5H3. The van der Waals surface area contributed by atoms with Crippen molar-refractivity contribution in [2.45, 2.75) is 123 Å². The first-order valence-electron chi connectivity index (χ1n) is 13.7. The molecule has 0 aromatic heterocycles. The topological polar surface area (TPSA) is 96.3 Å². The number of likely N-dealkylation sites (tertiary alicyclic amines) is 1. The number of nitrogens with zero attached hydrogens (tertiary/aromatic N) is 1. The third-order valence-electron chi connectivity index (χ3n) is 7.07. The van der Waals surface area contributed by atoms with E-state index in [2.05, 4.69) is 20.8 Å². The lowest BCUT2D eigenvalue weighted by molar-refractivity contribution is -0.148. The number of benzene rings is 1. The van der Waals surface area contributed by atoms with Crippen LogP contribution in [0.3, 0.4) is 0 Å². The van der Waals surface area contributed by atoms with Crippen molar-refractivity contribution in [3.05, 3.63) is 23.3 Å². The van der Waals surface area contributed by atoms with Crippen LogP contribution in [-0.2, 0) is 27.3 Å². The largest absolute Gasteiger partial charge is 0.504 e. The van der Waals surface area contributed by atoms with Crippen LogP contribution >= 0.6 is 0 Å². The first-order valence-corrected chi connectivity index (χ1v) is 13.7. The Morgan fingerprint density at radius 2 is 1.94 bits per heavy atom. The lowest BCUT2D eigenvalue weighted by Gasteiger charge is -2.26. The van der Waals surface area contributed by atoms with Gasteiger partial charge in [0.15, 0.2) is 11.5 Å². The average Bonchev–Trinajstić information content (AvgIpc) is 3.16. The minimum atomic E-state index is -0.505. The molecule has 1 aromatic carbocycles. The number of hydrogen-bond acceptors (Lipinski definition) is 6. The van der Waals surface area contributed by atoms with Crippen LogP contribution in [0.2, 0.25) is 0 Å². The van der Waals surface area contributed by atoms with Crippen molar-refractivity contribution in [2.24, 2.45) is 5.92 Å². The SMILES string of the molecule is CCCCCC(O)CC(CCc1cc(CN2C(=O)CCC2CCC(C)C)c(O)c(OC)c1)OC(C)=O. The van der Waals surface area contributed by atoms with Gasteiger partial charge >= 0.3 is 5.97 Å². The molecule has 7 heteroatoms. The number of aromatic hydroxyl groups is 1. The van der Waals surface area contributed by atoms with Crippen LogP contribution in [-0.4, -0.2) is 52.3 Å². The second-order valence-corrected chi connectivity index (χ2v) is 10.6. The molecule has 3 atom stereocenters. The van der Waals surface area contributed by atoms with Crippen LogP contribution in [0.5, 0.6) is 11.5 Å². The summed E-state index contributed by atoms with van der Waals surface area (Å²) in [5.74, 6) is 0.780. The van der Waals surface area contributed by atoms with Gasteiger partial charge in [-0.1, -0.05) is 46.1 Å². The van der Waals surface area contributed by atoms with Gasteiger partial charge in [0.25, 0.3) is 0 Å². The number of esters is 1. The molecule has 1 heterocycles. The molecule has 0 spiro atoms. The van der Waals surface area contributed by atoms with Gasteiger partial charge in [0.1, 0.15) is 6.10 Å². The number of phenolic OH excluding ortho intramolecular Hbond substituents is 1. The summed E-state index contributed by atoms with van der Waals surface area (Å²) >= 11 is 0. The second kappa shape index (κ2) is 15.1. The molecule has 2 N–H and O–H groups in total. The summed E-state index contributed by atoms with van der Waals surface area (Å²) in [5.41, 5.74) is 1.60. The number of unbranched alkanes of at least 4 members (excludes halogenated alkanes) is 2. The van der Waals surface area contributed by atoms with Gasteiger partial charge in [-0.2, -0.15) is 0 Å². The minimum absolute atomic E-state index is 0.0615. The van der Waals surface area contributed by atoms with E-state index < -0.39 is 6.10 Å². The molecular formula is C29H47NO6. The number of aliphatic hydroxyl groups excluding tert-OH is 1. The van der Waals surface area contributed by atoms with Crippen LogP contribution in [0.1, 0.15) is 103 Å². The summed E-state index contributed by atoms with van der Waals surface area (Å²) in [6.07, 6.45) is 7.90. The Labute approximate surface area is 217 Å². The van der Waals surface area contributed by atoms with Crippen LogP contribution in [0.4, 0.5) is 0 Å². The number of rotatable bonds is 16. The van der Waals surface area contributed by atoms with Gasteiger partial charge in [-0.3, -0.25) is 9.59 Å². The van der Waals surface area contributed by atoms with Crippen LogP contribution in [0.15, 0.2) is 12.1 Å². The molecule has 3 unspecified atom stereocenters. The van der Waals surface area contributed by atoms with Gasteiger partial charge < -0.3 is 24.6 Å². The molecule has 2 rings (SSSR count). The van der Waals surface area contributed by atoms with E-state index in [-0.39, 0.29) is 29.8 Å². The summed E-state index contributed by atoms with van der Waals surface area (Å²) in [6, 6.07) is 3.91. The zero-order chi connectivity index (χ0) is 26.7. The van der Waals surface area contributed by atoms with E-state index in [4.69, 9.17) is 9.47 Å². The molecule has 204 valence electrons. The molecule has 0 saturated carbocycles. The van der Waals surface area contributed by atoms with E-state index in [1.807, 2.05) is 11.0 Å². The number of carbonyl (C=O) groups is 2. The van der Waals surface area contributed by atoms with E-state index in [9.17, 15) is 19.8 Å². The molecule has 0 aliphatic carbocycles. The number of hydrogen-bond donors (Lipinski definition) is 2. The number of aryl methyl sites for hydroxylation is 1. The van der Waals surface area contributed by atoms with Crippen molar-refractivity contribution in [1.82, 2.24) is 4.90 Å². The predicted molar refractivity (Wildman–Crippen MR) is 141 cm³/mol. The molecule has 1 aliphatic heterocycles. The first-order chi connectivity index (χ1) is 17.1. The third kappa shape index (κ3) is 9.64. The van der Waals surface area contributed by atoms with Crippen molar-refractivity contribution >= 4 is 11.9 Å². The predicted octanol–water partition coefficient (Wildman–Crippen LogP) is 5.52. The van der Waals surface area contributed by atoms with Crippen molar-refractivity contribution in [2.75, 3.05) is 7.11 Å². The minimum Gasteiger partial charge on any atom is -0.504 e. The number of methoxy groups -OCH3 is 1. The molecule has 0 radical (unpaired) electrons. The maximum absolute atomic E-state index is 12.6. The van der Waals surface area contributed by atoms with Gasteiger partial charge in [-0.05, 0) is 56.1 Å². The van der Waals surface area contributed by atoms with E-state index in [1.165, 1.54) is 14.0 Å². The summed E-state index contributed by atoms with van der Waals surface area (Å²) in [7, 11) is 1.52. The monoisotopic (exact) mass is 505 g/mol. The first kappa shape index (κ1) is 29.9. The third-order valence-corrected chi connectivity index (χ3v) is 7.07. The number of phenols is 1. The van der Waals surface area contributed by atoms with Gasteiger partial charge in [-0.15, -0.1) is 0 Å². The summed E-state index contributed by atoms with van der Waals surface area (Å²) in [4.78, 5) is 26.2. The fourth-order valence-electron chi connectivity index (χ4n) is 5.01. The quantitative estimate of drug-likeness (QED) is 0.227. The molecule has 1 aliphatic rings. The molecule has 1 fully saturated rings. The number of amides is 1. The molecular weight excluding hydrogens is 458 g/mol. The van der Waals surface area contributed by atoms with Crippen molar-refractivity contribution in [3.8, 4) is 11.5 Å². The van der Waals surface area contributed by atoms with Crippen LogP contribution in [0.25, 0.3) is 0 Å². The fraction of sp³-hybridized carbons (Fsp3) is 0.724. The Balaban J connectivity index is 2.13. The van der Waals surface area contributed by atoms with Gasteiger partial charge in [0, 0.05) is 37.9 Å². The van der Waals surface area contributed by atoms with Crippen LogP contribution < -0.4 is 4.74 Å². The summed E-state index contributed by atoms with van der Waals surface area (Å²) in [6.45, 7) is 8.24. The summed E-state index contributed by atoms with van der Waals surface area (Å²) in [5, 5.41) is 21.2. The highest BCUT2D eigenvalue weighted by molar-refractivity contribution is 5.79. The van der Waals surface area contributed by atoms with E-state index >= 15 is 0 Å². The van der Waals surface area contributed by atoms with E-state index in [0.717, 1.165) is 44.1 Å². The highest BCUT2D eigenvalue weighted by Gasteiger charge is 2.31. The smallest absolute Gasteiger partial charge is 0.302 e. The van der Waals surface area contributed by atoms with E-state index in [0.29, 0.717) is 55.9 Å². The second-order valence-electron chi connectivity index (χ2n) is 10.6. The Bertz CT molecular complexity index is 839. The maximum atomic E-state index is 12.6. The molecule has 0 bridgehead atoms. The van der Waals surface area contributed by atoms with Gasteiger partial charge in [0.05, 0.1) is 13.2 Å². The van der Waals surface area contributed by atoms with Gasteiger partial charge in [-0.25, -0.2) is 0 Å². The van der Waals surface area contributed by atoms with E-state index in [1.54, 1.807) is 6.07 Å². The number of aliphatic hydroxyl groups is 1. The molecule has 36 heavy (non-hydrogen) atoms. The molecule has 1 amide bonds. The fourth-order valence-corrected chi connectivity index (χ4v) is 5.01. The number of carbonyl (C=O) groups excluding carboxylic acids is 2. The van der Waals surface area contributed by atoms with Crippen molar-refractivity contribution in [3.63, 3.8) is 0 Å². The number of ether oxygens (including phenoxy) is 2. The highest BCUT2D eigenvalue weighted by Crippen LogP contribution is 2.35. The lowest BCUT2D eigenvalue weighted by Crippen LogP contribution is -2.32. The lowest BCUT2D eigenvalue weighted by atomic mass is 9.98. The Hall–Kier alpha value is -2.28. The molecule has 1 saturated heterocycles. The maximum Gasteiger partial charge on any atom is 0.302 e. The molecule has 7 nitrogen and oxygen atoms in total. The normalized spacial score (nSPS) is 17.5. The zero-order valence-corrected chi connectivity index (χ0v) is 22.9. The van der Waals surface area contributed by atoms with Gasteiger partial charge in [0.2, 0.25) is 5.91 Å². The van der Waals surface area contributed by atoms with Crippen molar-refractivity contribution < 1.29 is 29.3 Å². The van der Waals surface area contributed by atoms with Crippen molar-refractivity contribution in [1.29, 1.82) is 0 Å². The Kier molecular flexibility index (Phi) is 12.5. The van der Waals surface area contributed by atoms with Crippen LogP contribution in [0, 0.1) is 5.92 Å². The highest BCUT2D eigenvalue weighted by atomic mass is 16.5. The average molecular weight is 506 g/mol. The molecule has 1 aromatic rings. The Morgan fingerprint density at radius 3 is 2.58 bits per heavy atom. The summed E-state index contributed by atoms with van der Waals surface area (Å²) < 4.78 is 10.9. The zero-order valence-electron chi connectivity index (χ0n) is 22.9.